The highest BCUT2D eigenvalue weighted by Crippen LogP contribution is 2.12. The molecule has 0 radical (unpaired) electrons. The molecule has 0 aliphatic rings. The molecule has 0 fully saturated rings. The SMILES string of the molecule is CCOB(OCC)c1cccc2ccccc12. The molecule has 0 atom stereocenters. The van der Waals surface area contributed by atoms with Crippen LogP contribution >= 0.6 is 0 Å². The molecular formula is C14H17BO2. The van der Waals surface area contributed by atoms with Gasteiger partial charge in [0.1, 0.15) is 0 Å². The van der Waals surface area contributed by atoms with Crippen molar-refractivity contribution < 1.29 is 9.31 Å². The molecule has 0 N–H and O–H groups in total. The van der Waals surface area contributed by atoms with Gasteiger partial charge in [0, 0.05) is 13.2 Å². The van der Waals surface area contributed by atoms with Gasteiger partial charge in [0.05, 0.1) is 0 Å². The third-order valence-electron chi connectivity index (χ3n) is 2.71. The van der Waals surface area contributed by atoms with Gasteiger partial charge >= 0.3 is 7.12 Å². The van der Waals surface area contributed by atoms with Crippen molar-refractivity contribution in [3.05, 3.63) is 42.5 Å². The molecule has 2 nitrogen and oxygen atoms in total. The van der Waals surface area contributed by atoms with Crippen molar-refractivity contribution in [1.82, 2.24) is 0 Å². The van der Waals surface area contributed by atoms with Crippen LogP contribution in [0, 0.1) is 0 Å². The Bertz CT molecular complexity index is 473. The number of hydrogen-bond donors (Lipinski definition) is 0. The summed E-state index contributed by atoms with van der Waals surface area (Å²) in [5.74, 6) is 0. The zero-order chi connectivity index (χ0) is 12.1. The van der Waals surface area contributed by atoms with Gasteiger partial charge in [0.15, 0.2) is 0 Å². The van der Waals surface area contributed by atoms with Crippen LogP contribution in [0.3, 0.4) is 0 Å². The highest BCUT2D eigenvalue weighted by atomic mass is 16.6. The summed E-state index contributed by atoms with van der Waals surface area (Å²) in [6.07, 6.45) is 0. The van der Waals surface area contributed by atoms with Gasteiger partial charge in [-0.2, -0.15) is 0 Å². The molecule has 0 bridgehead atoms. The van der Waals surface area contributed by atoms with E-state index in [1.165, 1.54) is 10.8 Å². The number of hydrogen-bond acceptors (Lipinski definition) is 2. The second-order valence-electron chi connectivity index (χ2n) is 3.81. The lowest BCUT2D eigenvalue weighted by molar-refractivity contribution is 0.225. The second kappa shape index (κ2) is 5.85. The van der Waals surface area contributed by atoms with Crippen molar-refractivity contribution >= 4 is 23.4 Å². The summed E-state index contributed by atoms with van der Waals surface area (Å²) in [5.41, 5.74) is 1.10. The zero-order valence-corrected chi connectivity index (χ0v) is 10.3. The molecule has 3 heteroatoms. The predicted octanol–water partition coefficient (Wildman–Crippen LogP) is 2.61. The molecule has 2 rings (SSSR count). The van der Waals surface area contributed by atoms with Crippen LogP contribution in [0.4, 0.5) is 0 Å². The van der Waals surface area contributed by atoms with Crippen LogP contribution in [0.2, 0.25) is 0 Å². The van der Waals surface area contributed by atoms with Crippen LogP contribution in [-0.2, 0) is 9.31 Å². The first-order valence-corrected chi connectivity index (χ1v) is 6.07. The third-order valence-corrected chi connectivity index (χ3v) is 2.71. The number of benzene rings is 2. The van der Waals surface area contributed by atoms with Gasteiger partial charge in [-0.1, -0.05) is 42.5 Å². The van der Waals surface area contributed by atoms with E-state index in [9.17, 15) is 0 Å². The molecule has 0 saturated carbocycles. The summed E-state index contributed by atoms with van der Waals surface area (Å²) in [5, 5.41) is 2.41. The molecule has 2 aromatic rings. The largest absolute Gasteiger partial charge is 0.494 e. The maximum Gasteiger partial charge on any atom is 0.494 e. The first kappa shape index (κ1) is 12.2. The molecular weight excluding hydrogens is 211 g/mol. The van der Waals surface area contributed by atoms with Gasteiger partial charge in [-0.05, 0) is 30.1 Å². The van der Waals surface area contributed by atoms with E-state index in [0.29, 0.717) is 13.2 Å². The molecule has 0 amide bonds. The van der Waals surface area contributed by atoms with Gasteiger partial charge in [-0.15, -0.1) is 0 Å². The second-order valence-corrected chi connectivity index (χ2v) is 3.81. The third kappa shape index (κ3) is 2.68. The fourth-order valence-corrected chi connectivity index (χ4v) is 1.99. The molecule has 0 unspecified atom stereocenters. The van der Waals surface area contributed by atoms with Gasteiger partial charge in [-0.25, -0.2) is 0 Å². The van der Waals surface area contributed by atoms with Crippen LogP contribution in [0.5, 0.6) is 0 Å². The highest BCUT2D eigenvalue weighted by molar-refractivity contribution is 6.64. The van der Waals surface area contributed by atoms with E-state index in [4.69, 9.17) is 9.31 Å². The van der Waals surface area contributed by atoms with Crippen LogP contribution < -0.4 is 5.46 Å². The van der Waals surface area contributed by atoms with E-state index in [-0.39, 0.29) is 7.12 Å². The molecule has 0 aliphatic heterocycles. The Kier molecular flexibility index (Phi) is 4.18. The highest BCUT2D eigenvalue weighted by Gasteiger charge is 2.21. The summed E-state index contributed by atoms with van der Waals surface area (Å²) in [7, 11) is -0.268. The minimum absolute atomic E-state index is 0.268. The summed E-state index contributed by atoms with van der Waals surface area (Å²) in [6.45, 7) is 5.26. The lowest BCUT2D eigenvalue weighted by atomic mass is 9.76. The predicted molar refractivity (Wildman–Crippen MR) is 72.6 cm³/mol. The smallest absolute Gasteiger partial charge is 0.408 e. The molecule has 0 saturated heterocycles. The van der Waals surface area contributed by atoms with Gasteiger partial charge < -0.3 is 9.31 Å². The van der Waals surface area contributed by atoms with Crippen molar-refractivity contribution in [3.8, 4) is 0 Å². The summed E-state index contributed by atoms with van der Waals surface area (Å²) in [6, 6.07) is 14.5. The quantitative estimate of drug-likeness (QED) is 0.732. The maximum atomic E-state index is 5.65. The van der Waals surface area contributed by atoms with Gasteiger partial charge in [-0.3, -0.25) is 0 Å². The Morgan fingerprint density at radius 1 is 0.882 bits per heavy atom. The average Bonchev–Trinajstić information content (AvgIpc) is 2.38. The fourth-order valence-electron chi connectivity index (χ4n) is 1.99. The molecule has 0 heterocycles. The summed E-state index contributed by atoms with van der Waals surface area (Å²) >= 11 is 0. The Labute approximate surface area is 103 Å². The van der Waals surface area contributed by atoms with E-state index < -0.39 is 0 Å². The molecule has 17 heavy (non-hydrogen) atoms. The first-order chi connectivity index (χ1) is 8.36. The van der Waals surface area contributed by atoms with Crippen LogP contribution in [-0.4, -0.2) is 20.3 Å². The molecule has 2 aromatic carbocycles. The number of fused-ring (bicyclic) bond motifs is 1. The minimum Gasteiger partial charge on any atom is -0.408 e. The van der Waals surface area contributed by atoms with Crippen molar-refractivity contribution in [3.63, 3.8) is 0 Å². The van der Waals surface area contributed by atoms with E-state index in [1.54, 1.807) is 0 Å². The molecule has 0 aliphatic carbocycles. The monoisotopic (exact) mass is 228 g/mol. The minimum atomic E-state index is -0.268. The Hall–Kier alpha value is -1.32. The lowest BCUT2D eigenvalue weighted by Crippen LogP contribution is -2.37. The van der Waals surface area contributed by atoms with Crippen molar-refractivity contribution in [2.45, 2.75) is 13.8 Å². The zero-order valence-electron chi connectivity index (χ0n) is 10.3. The summed E-state index contributed by atoms with van der Waals surface area (Å²) in [4.78, 5) is 0. The maximum absolute atomic E-state index is 5.65. The topological polar surface area (TPSA) is 18.5 Å². The molecule has 88 valence electrons. The van der Waals surface area contributed by atoms with Gasteiger partial charge in [0.25, 0.3) is 0 Å². The van der Waals surface area contributed by atoms with E-state index in [0.717, 1.165) is 5.46 Å². The van der Waals surface area contributed by atoms with Crippen molar-refractivity contribution in [1.29, 1.82) is 0 Å². The Balaban J connectivity index is 2.44. The first-order valence-electron chi connectivity index (χ1n) is 6.07. The normalized spacial score (nSPS) is 10.7. The lowest BCUT2D eigenvalue weighted by Gasteiger charge is -2.14. The standard InChI is InChI=1S/C14H17BO2/c1-3-16-15(17-4-2)14-11-7-9-12-8-5-6-10-13(12)14/h5-11H,3-4H2,1-2H3. The average molecular weight is 228 g/mol. The van der Waals surface area contributed by atoms with E-state index in [1.807, 2.05) is 32.0 Å². The Morgan fingerprint density at radius 3 is 2.24 bits per heavy atom. The molecule has 0 aromatic heterocycles. The summed E-state index contributed by atoms with van der Waals surface area (Å²) < 4.78 is 11.3. The fraction of sp³-hybridized carbons (Fsp3) is 0.286. The number of rotatable bonds is 5. The van der Waals surface area contributed by atoms with Crippen LogP contribution in [0.15, 0.2) is 42.5 Å². The van der Waals surface area contributed by atoms with Crippen LogP contribution in [0.1, 0.15) is 13.8 Å². The van der Waals surface area contributed by atoms with Crippen molar-refractivity contribution in [2.75, 3.05) is 13.2 Å². The Morgan fingerprint density at radius 2 is 1.53 bits per heavy atom. The van der Waals surface area contributed by atoms with E-state index >= 15 is 0 Å². The van der Waals surface area contributed by atoms with Crippen LogP contribution in [0.25, 0.3) is 10.8 Å². The van der Waals surface area contributed by atoms with Gasteiger partial charge in [0.2, 0.25) is 0 Å². The van der Waals surface area contributed by atoms with E-state index in [2.05, 4.69) is 24.3 Å². The molecule has 0 spiro atoms. The van der Waals surface area contributed by atoms with Crippen molar-refractivity contribution in [2.24, 2.45) is 0 Å².